The third-order valence-corrected chi connectivity index (χ3v) is 5.06. The molecule has 2 aliphatic rings. The van der Waals surface area contributed by atoms with Gasteiger partial charge in [0.25, 0.3) is 5.91 Å². The third kappa shape index (κ3) is 6.17. The van der Waals surface area contributed by atoms with Gasteiger partial charge in [-0.05, 0) is 56.2 Å². The Bertz CT molecular complexity index is 708. The second-order valence-corrected chi connectivity index (χ2v) is 7.58. The Kier molecular flexibility index (Phi) is 7.22. The maximum atomic E-state index is 13.9. The number of nitrogens with two attached hydrogens (primary N) is 1. The zero-order chi connectivity index (χ0) is 19.9. The number of aliphatic imine (C=N–C) groups is 1. The number of carbonyl (C=O) groups excluding carboxylic acids is 1. The summed E-state index contributed by atoms with van der Waals surface area (Å²) in [6.07, 6.45) is 5.34. The van der Waals surface area contributed by atoms with Crippen molar-refractivity contribution in [1.29, 1.82) is 0 Å². The van der Waals surface area contributed by atoms with Crippen molar-refractivity contribution in [3.05, 3.63) is 29.6 Å². The van der Waals surface area contributed by atoms with Crippen molar-refractivity contribution in [3.8, 4) is 5.75 Å². The first-order chi connectivity index (χ1) is 13.5. The maximum Gasteiger partial charge on any atom is 0.268 e. The first-order valence-electron chi connectivity index (χ1n) is 10.1. The van der Waals surface area contributed by atoms with E-state index in [1.54, 1.807) is 12.1 Å². The van der Waals surface area contributed by atoms with Gasteiger partial charge in [0.15, 0.2) is 17.5 Å². The van der Waals surface area contributed by atoms with Gasteiger partial charge in [-0.25, -0.2) is 4.39 Å². The van der Waals surface area contributed by atoms with Gasteiger partial charge in [-0.1, -0.05) is 12.5 Å². The van der Waals surface area contributed by atoms with E-state index in [9.17, 15) is 9.18 Å². The fourth-order valence-electron chi connectivity index (χ4n) is 3.07. The molecule has 1 amide bonds. The molecule has 1 heterocycles. The van der Waals surface area contributed by atoms with Crippen LogP contribution in [0.1, 0.15) is 50.6 Å². The van der Waals surface area contributed by atoms with E-state index >= 15 is 0 Å². The molecule has 3 rings (SSSR count). The molecular formula is C20H30FN5O2. The van der Waals surface area contributed by atoms with Crippen molar-refractivity contribution in [2.45, 2.75) is 45.1 Å². The summed E-state index contributed by atoms with van der Waals surface area (Å²) in [4.78, 5) is 16.7. The minimum atomic E-state index is -0.310. The van der Waals surface area contributed by atoms with Crippen LogP contribution in [0.2, 0.25) is 0 Å². The van der Waals surface area contributed by atoms with E-state index in [0.29, 0.717) is 30.8 Å². The highest BCUT2D eigenvalue weighted by atomic mass is 19.1. The van der Waals surface area contributed by atoms with E-state index in [0.717, 1.165) is 37.9 Å². The average molecular weight is 391 g/mol. The number of unbranched alkanes of at least 4 members (excludes halogenated alkanes) is 2. The number of benzene rings is 1. The van der Waals surface area contributed by atoms with E-state index in [2.05, 4.69) is 15.8 Å². The van der Waals surface area contributed by atoms with Gasteiger partial charge in [-0.3, -0.25) is 15.6 Å². The molecule has 154 valence electrons. The van der Waals surface area contributed by atoms with Crippen molar-refractivity contribution >= 4 is 11.9 Å². The minimum Gasteiger partial charge on any atom is -0.490 e. The summed E-state index contributed by atoms with van der Waals surface area (Å²) in [7, 11) is 0. The molecule has 7 nitrogen and oxygen atoms in total. The molecule has 1 aliphatic carbocycles. The smallest absolute Gasteiger partial charge is 0.268 e. The van der Waals surface area contributed by atoms with Crippen LogP contribution in [0.3, 0.4) is 0 Å². The molecule has 0 aromatic heterocycles. The van der Waals surface area contributed by atoms with Crippen LogP contribution in [0, 0.1) is 11.7 Å². The second kappa shape index (κ2) is 9.84. The lowest BCUT2D eigenvalue weighted by Gasteiger charge is -2.17. The van der Waals surface area contributed by atoms with Crippen molar-refractivity contribution < 1.29 is 13.9 Å². The molecular weight excluding hydrogens is 361 g/mol. The molecule has 8 heteroatoms. The number of ether oxygens (including phenoxy) is 1. The number of hydrogen-bond acceptors (Lipinski definition) is 6. The van der Waals surface area contributed by atoms with Gasteiger partial charge >= 0.3 is 0 Å². The Balaban J connectivity index is 1.29. The highest BCUT2D eigenvalue weighted by molar-refractivity contribution is 5.99. The van der Waals surface area contributed by atoms with Gasteiger partial charge in [-0.2, -0.15) is 4.99 Å². The van der Waals surface area contributed by atoms with Crippen molar-refractivity contribution in [2.75, 3.05) is 26.2 Å². The van der Waals surface area contributed by atoms with Crippen molar-refractivity contribution in [3.63, 3.8) is 0 Å². The Morgan fingerprint density at radius 1 is 1.36 bits per heavy atom. The number of hydrazine groups is 1. The number of nitrogens with zero attached hydrogens (tertiary/aromatic N) is 2. The molecule has 1 aromatic carbocycles. The summed E-state index contributed by atoms with van der Waals surface area (Å²) in [5, 5.41) is 0. The number of hydrogen-bond donors (Lipinski definition) is 3. The average Bonchev–Trinajstić information content (AvgIpc) is 3.44. The molecule has 0 radical (unpaired) electrons. The fourth-order valence-corrected chi connectivity index (χ4v) is 3.07. The molecule has 1 atom stereocenters. The van der Waals surface area contributed by atoms with E-state index in [1.807, 2.05) is 11.8 Å². The van der Waals surface area contributed by atoms with Gasteiger partial charge in [0.1, 0.15) is 6.54 Å². The van der Waals surface area contributed by atoms with E-state index < -0.39 is 0 Å². The van der Waals surface area contributed by atoms with Crippen LogP contribution < -0.4 is 21.3 Å². The van der Waals surface area contributed by atoms with Crippen molar-refractivity contribution in [1.82, 2.24) is 15.8 Å². The highest BCUT2D eigenvalue weighted by Crippen LogP contribution is 2.31. The number of amides is 1. The Morgan fingerprint density at radius 2 is 2.18 bits per heavy atom. The van der Waals surface area contributed by atoms with Crippen LogP contribution in [0.4, 0.5) is 4.39 Å². The lowest BCUT2D eigenvalue weighted by Crippen LogP contribution is -2.35. The topological polar surface area (TPSA) is 92.0 Å². The fraction of sp³-hybridized carbons (Fsp3) is 0.600. The highest BCUT2D eigenvalue weighted by Gasteiger charge is 2.23. The lowest BCUT2D eigenvalue weighted by atomic mass is 10.1. The zero-order valence-corrected chi connectivity index (χ0v) is 16.4. The third-order valence-electron chi connectivity index (χ3n) is 5.06. The van der Waals surface area contributed by atoms with E-state index in [-0.39, 0.29) is 17.8 Å². The van der Waals surface area contributed by atoms with Gasteiger partial charge in [0.2, 0.25) is 0 Å². The number of nitrogens with one attached hydrogen (secondary N) is 2. The molecule has 1 fully saturated rings. The molecule has 0 bridgehead atoms. The summed E-state index contributed by atoms with van der Waals surface area (Å²) in [6.45, 7) is 4.50. The predicted octanol–water partition coefficient (Wildman–Crippen LogP) is 2.10. The monoisotopic (exact) mass is 391 g/mol. The van der Waals surface area contributed by atoms with Crippen molar-refractivity contribution in [2.24, 2.45) is 16.6 Å². The Hall–Kier alpha value is -2.19. The first-order valence-corrected chi connectivity index (χ1v) is 10.1. The second-order valence-electron chi connectivity index (χ2n) is 7.58. The van der Waals surface area contributed by atoms with Gasteiger partial charge in [0, 0.05) is 19.1 Å². The van der Waals surface area contributed by atoms with Crippen LogP contribution in [0.5, 0.6) is 5.75 Å². The summed E-state index contributed by atoms with van der Waals surface area (Å²) in [6, 6.07) is 5.06. The summed E-state index contributed by atoms with van der Waals surface area (Å²) < 4.78 is 19.5. The van der Waals surface area contributed by atoms with E-state index in [1.165, 1.54) is 18.9 Å². The largest absolute Gasteiger partial charge is 0.490 e. The van der Waals surface area contributed by atoms with Crippen LogP contribution >= 0.6 is 0 Å². The number of halogens is 1. The number of carbonyl (C=O) groups is 1. The minimum absolute atomic E-state index is 0.0375. The quantitative estimate of drug-likeness (QED) is 0.373. The Labute approximate surface area is 165 Å². The lowest BCUT2D eigenvalue weighted by molar-refractivity contribution is -0.117. The SMILES string of the molecule is CC(NNCCCCCN1CC(=O)N=C1N)c1ccc(F)c(OCC2CC2)c1. The molecule has 4 N–H and O–H groups in total. The van der Waals surface area contributed by atoms with Gasteiger partial charge in [0.05, 0.1) is 6.61 Å². The molecule has 0 saturated heterocycles. The standard InChI is InChI=1S/C20H30FN5O2/c1-14(16-7-8-17(21)18(11-16)28-13-15-5-6-15)25-23-9-3-2-4-10-26-12-19(27)24-20(26)22/h7-8,11,14-15,23,25H,2-6,9-10,12-13H2,1H3,(H2,22,24,27). The van der Waals surface area contributed by atoms with Crippen LogP contribution in [-0.4, -0.2) is 43.0 Å². The maximum absolute atomic E-state index is 13.9. The van der Waals surface area contributed by atoms with Crippen LogP contribution in [-0.2, 0) is 4.79 Å². The number of rotatable bonds is 12. The first kappa shape index (κ1) is 20.5. The summed E-state index contributed by atoms with van der Waals surface area (Å²) in [5.41, 5.74) is 13.1. The molecule has 1 aromatic rings. The summed E-state index contributed by atoms with van der Waals surface area (Å²) in [5.74, 6) is 0.781. The van der Waals surface area contributed by atoms with Crippen LogP contribution in [0.25, 0.3) is 0 Å². The predicted molar refractivity (Wildman–Crippen MR) is 106 cm³/mol. The molecule has 1 unspecified atom stereocenters. The molecule has 0 spiro atoms. The van der Waals surface area contributed by atoms with Crippen LogP contribution in [0.15, 0.2) is 23.2 Å². The van der Waals surface area contributed by atoms with Gasteiger partial charge in [-0.15, -0.1) is 0 Å². The number of guanidine groups is 1. The Morgan fingerprint density at radius 3 is 2.89 bits per heavy atom. The summed E-state index contributed by atoms with van der Waals surface area (Å²) >= 11 is 0. The van der Waals surface area contributed by atoms with Gasteiger partial charge < -0.3 is 15.4 Å². The zero-order valence-electron chi connectivity index (χ0n) is 16.4. The molecule has 28 heavy (non-hydrogen) atoms. The normalized spacial score (nSPS) is 17.7. The van der Waals surface area contributed by atoms with E-state index in [4.69, 9.17) is 10.5 Å². The molecule has 1 aliphatic heterocycles. The molecule has 1 saturated carbocycles.